The van der Waals surface area contributed by atoms with Crippen molar-refractivity contribution in [2.75, 3.05) is 16.8 Å². The van der Waals surface area contributed by atoms with Crippen molar-refractivity contribution in [1.29, 1.82) is 0 Å². The number of carbonyl (C=O) groups excluding carboxylic acids is 3. The molecular formula is C34H25BrF3N3O5S2. The number of nitrogens with zero attached hydrogens (tertiary/aromatic N) is 1. The van der Waals surface area contributed by atoms with Gasteiger partial charge in [0.2, 0.25) is 11.8 Å². The highest BCUT2D eigenvalue weighted by Gasteiger charge is 2.69. The zero-order chi connectivity index (χ0) is 33.5. The molecule has 3 fully saturated rings. The number of aromatic nitrogens is 1. The number of hydrogen-bond acceptors (Lipinski definition) is 7. The van der Waals surface area contributed by atoms with Crippen LogP contribution >= 0.6 is 39.0 Å². The Bertz CT molecular complexity index is 2040. The van der Waals surface area contributed by atoms with E-state index in [2.05, 4.69) is 26.2 Å². The molecule has 3 amide bonds. The van der Waals surface area contributed by atoms with Gasteiger partial charge in [-0.15, -0.1) is 11.8 Å². The first-order chi connectivity index (χ1) is 23.0. The first-order valence-electron chi connectivity index (χ1n) is 15.2. The van der Waals surface area contributed by atoms with E-state index in [1.165, 1.54) is 17.0 Å². The predicted molar refractivity (Wildman–Crippen MR) is 177 cm³/mol. The summed E-state index contributed by atoms with van der Waals surface area (Å²) in [6.07, 6.45) is -3.85. The highest BCUT2D eigenvalue weighted by atomic mass is 79.9. The molecule has 8 rings (SSSR count). The number of alkyl halides is 3. The molecular weight excluding hydrogens is 731 g/mol. The quantitative estimate of drug-likeness (QED) is 0.207. The molecule has 7 atom stereocenters. The third-order valence-corrected chi connectivity index (χ3v) is 13.0. The Kier molecular flexibility index (Phi) is 7.60. The second-order valence-corrected chi connectivity index (χ2v) is 15.5. The third-order valence-electron chi connectivity index (χ3n) is 9.88. The molecule has 6 unspecified atom stereocenters. The van der Waals surface area contributed by atoms with Crippen LogP contribution in [0.5, 0.6) is 5.75 Å². The van der Waals surface area contributed by atoms with Gasteiger partial charge in [-0.1, -0.05) is 51.5 Å². The van der Waals surface area contributed by atoms with Gasteiger partial charge < -0.3 is 15.0 Å². The minimum Gasteiger partial charge on any atom is -0.483 e. The number of amides is 3. The third kappa shape index (κ3) is 5.10. The van der Waals surface area contributed by atoms with Gasteiger partial charge in [0.15, 0.2) is 6.61 Å². The number of thioether (sulfide) groups is 1. The average Bonchev–Trinajstić information content (AvgIpc) is 3.79. The van der Waals surface area contributed by atoms with Crippen molar-refractivity contribution >= 4 is 68.1 Å². The van der Waals surface area contributed by atoms with Crippen molar-refractivity contribution in [3.05, 3.63) is 103 Å². The maximum absolute atomic E-state index is 14.0. The van der Waals surface area contributed by atoms with Crippen LogP contribution in [0.2, 0.25) is 0 Å². The second kappa shape index (κ2) is 11.6. The number of hydrogen-bond donors (Lipinski definition) is 2. The Morgan fingerprint density at radius 1 is 0.979 bits per heavy atom. The molecule has 8 nitrogen and oxygen atoms in total. The number of carbonyl (C=O) groups is 3. The lowest BCUT2D eigenvalue weighted by Gasteiger charge is -2.43. The minimum atomic E-state index is -4.56. The lowest BCUT2D eigenvalue weighted by atomic mass is 9.68. The van der Waals surface area contributed by atoms with Crippen molar-refractivity contribution in [2.45, 2.75) is 28.8 Å². The van der Waals surface area contributed by atoms with Crippen molar-refractivity contribution in [3.8, 4) is 5.75 Å². The Balaban J connectivity index is 1.12. The largest absolute Gasteiger partial charge is 0.483 e. The minimum absolute atomic E-state index is 0.0137. The summed E-state index contributed by atoms with van der Waals surface area (Å²) in [5.41, 5.74) is 0.372. The molecule has 48 heavy (non-hydrogen) atoms. The molecule has 2 aliphatic carbocycles. The molecule has 0 radical (unpaired) electrons. The van der Waals surface area contributed by atoms with Gasteiger partial charge in [0.1, 0.15) is 5.75 Å². The fraction of sp³-hybridized carbons (Fsp3) is 0.294. The van der Waals surface area contributed by atoms with Crippen LogP contribution in [0.15, 0.2) is 87.1 Å². The fourth-order valence-corrected chi connectivity index (χ4v) is 11.5. The highest BCUT2D eigenvalue weighted by molar-refractivity contribution is 9.10. The zero-order valence-electron chi connectivity index (χ0n) is 24.7. The predicted octanol–water partition coefficient (Wildman–Crippen LogP) is 6.91. The topological polar surface area (TPSA) is 109 Å². The van der Waals surface area contributed by atoms with Crippen molar-refractivity contribution < 1.29 is 32.3 Å². The Hall–Kier alpha value is -3.88. The molecule has 2 aliphatic heterocycles. The van der Waals surface area contributed by atoms with E-state index in [-0.39, 0.29) is 51.3 Å². The standard InChI is InChI=1S/C34H25BrF3N3O5S2/c35-16-9-10-22(46-14-23(42)39-17-6-4-5-15(11-17)34(36,37)38)19(12-16)24-25-20-13-21(28(25)47-30-29(24)48-33(45)40-30)27-26(20)31(43)41(32(27)44)18-7-2-1-3-8-18/h1-12,20-21,24-28H,13-14H2,(H,39,42)(H,40,45)/t20?,21?,24-,25?,26?,27?,28?/m1/s1. The molecule has 2 N–H and O–H groups in total. The summed E-state index contributed by atoms with van der Waals surface area (Å²) >= 11 is 6.23. The number of rotatable bonds is 6. The summed E-state index contributed by atoms with van der Waals surface area (Å²) in [6, 6.07) is 18.7. The van der Waals surface area contributed by atoms with Gasteiger partial charge >= 0.3 is 11.0 Å². The molecule has 4 aliphatic rings. The summed E-state index contributed by atoms with van der Waals surface area (Å²) in [5.74, 6) is -2.27. The van der Waals surface area contributed by atoms with Gasteiger partial charge in [0.25, 0.3) is 5.91 Å². The van der Waals surface area contributed by atoms with Crippen LogP contribution in [0, 0.1) is 29.6 Å². The SMILES string of the molecule is O=C(COc1ccc(Br)cc1[C@H]1c2sc(=O)[nH]c2SC2C3CC(C4C(=O)N(c5ccccc5)C(=O)C34)C21)Nc1cccc(C(F)(F)F)c1. The summed E-state index contributed by atoms with van der Waals surface area (Å²) in [4.78, 5) is 58.3. The number of aromatic amines is 1. The molecule has 1 aromatic heterocycles. The molecule has 0 spiro atoms. The van der Waals surface area contributed by atoms with E-state index in [9.17, 15) is 32.3 Å². The van der Waals surface area contributed by atoms with Gasteiger partial charge in [0.05, 0.1) is 28.1 Å². The van der Waals surface area contributed by atoms with Crippen LogP contribution in [0.1, 0.15) is 28.3 Å². The van der Waals surface area contributed by atoms with Crippen molar-refractivity contribution in [2.24, 2.45) is 29.6 Å². The molecule has 246 valence electrons. The lowest BCUT2D eigenvalue weighted by molar-refractivity contribution is -0.137. The number of benzene rings is 3. The fourth-order valence-electron chi connectivity index (χ4n) is 8.20. The molecule has 14 heteroatoms. The molecule has 2 saturated carbocycles. The number of thiazole rings is 1. The van der Waals surface area contributed by atoms with E-state index in [1.807, 2.05) is 12.1 Å². The number of para-hydroxylation sites is 1. The summed E-state index contributed by atoms with van der Waals surface area (Å²) in [7, 11) is 0. The second-order valence-electron chi connectivity index (χ2n) is 12.4. The van der Waals surface area contributed by atoms with Gasteiger partial charge in [0, 0.05) is 31.8 Å². The first-order valence-corrected chi connectivity index (χ1v) is 17.7. The van der Waals surface area contributed by atoms with E-state index >= 15 is 0 Å². The van der Waals surface area contributed by atoms with Crippen molar-refractivity contribution in [3.63, 3.8) is 0 Å². The van der Waals surface area contributed by atoms with Gasteiger partial charge in [-0.25, -0.2) is 0 Å². The maximum Gasteiger partial charge on any atom is 0.416 e. The average molecular weight is 757 g/mol. The molecule has 2 bridgehead atoms. The van der Waals surface area contributed by atoms with E-state index in [0.29, 0.717) is 23.4 Å². The van der Waals surface area contributed by atoms with E-state index in [1.54, 1.807) is 48.2 Å². The Morgan fingerprint density at radius 3 is 2.48 bits per heavy atom. The van der Waals surface area contributed by atoms with Crippen LogP contribution in [-0.2, 0) is 20.6 Å². The van der Waals surface area contributed by atoms with E-state index < -0.39 is 36.1 Å². The number of imide groups is 1. The monoisotopic (exact) mass is 755 g/mol. The first kappa shape index (κ1) is 31.4. The number of H-pyrrole nitrogens is 1. The highest BCUT2D eigenvalue weighted by Crippen LogP contribution is 2.69. The summed E-state index contributed by atoms with van der Waals surface area (Å²) in [5, 5.41) is 3.14. The van der Waals surface area contributed by atoms with Crippen LogP contribution in [0.4, 0.5) is 24.5 Å². The van der Waals surface area contributed by atoms with E-state index in [4.69, 9.17) is 4.74 Å². The number of ether oxygens (including phenoxy) is 1. The maximum atomic E-state index is 14.0. The lowest BCUT2D eigenvalue weighted by Crippen LogP contribution is -2.42. The van der Waals surface area contributed by atoms with Gasteiger partial charge in [-0.05, 0) is 72.7 Å². The van der Waals surface area contributed by atoms with Crippen LogP contribution in [0.25, 0.3) is 0 Å². The number of fused-ring (bicyclic) bond motifs is 9. The van der Waals surface area contributed by atoms with Gasteiger partial charge in [-0.2, -0.15) is 13.2 Å². The molecule has 3 heterocycles. The Morgan fingerprint density at radius 2 is 1.73 bits per heavy atom. The molecule has 1 saturated heterocycles. The normalized spacial score (nSPS) is 27.1. The van der Waals surface area contributed by atoms with Crippen LogP contribution in [-0.4, -0.2) is 34.6 Å². The van der Waals surface area contributed by atoms with Crippen molar-refractivity contribution in [1.82, 2.24) is 4.98 Å². The van der Waals surface area contributed by atoms with Crippen LogP contribution in [0.3, 0.4) is 0 Å². The smallest absolute Gasteiger partial charge is 0.416 e. The van der Waals surface area contributed by atoms with Gasteiger partial charge in [-0.3, -0.25) is 24.1 Å². The molecule has 3 aromatic carbocycles. The number of anilines is 2. The van der Waals surface area contributed by atoms with Crippen LogP contribution < -0.4 is 19.8 Å². The summed E-state index contributed by atoms with van der Waals surface area (Å²) < 4.78 is 46.4. The number of halogens is 4. The van der Waals surface area contributed by atoms with E-state index in [0.717, 1.165) is 37.8 Å². The summed E-state index contributed by atoms with van der Waals surface area (Å²) in [6.45, 7) is -0.480. The number of nitrogens with one attached hydrogen (secondary N) is 2. The zero-order valence-corrected chi connectivity index (χ0v) is 27.9. The molecule has 4 aromatic rings. The Labute approximate surface area is 288 Å².